The average molecular weight is 1010 g/mol. The van der Waals surface area contributed by atoms with Crippen LogP contribution in [-0.2, 0) is 10.8 Å². The summed E-state index contributed by atoms with van der Waals surface area (Å²) in [7, 11) is 0. The van der Waals surface area contributed by atoms with Crippen molar-refractivity contribution in [2.24, 2.45) is 0 Å². The van der Waals surface area contributed by atoms with Crippen LogP contribution in [0.1, 0.15) is 44.5 Å². The van der Waals surface area contributed by atoms with E-state index in [9.17, 15) is 9.59 Å². The van der Waals surface area contributed by atoms with Gasteiger partial charge in [-0.15, -0.1) is 22.7 Å². The predicted molar refractivity (Wildman–Crippen MR) is 318 cm³/mol. The average Bonchev–Trinajstić information content (AvgIpc) is 3.54. The maximum atomic E-state index is 14.2. The molecule has 358 valence electrons. The van der Waals surface area contributed by atoms with Gasteiger partial charge in [-0.05, 0) is 129 Å². The molecule has 15 rings (SSSR count). The highest BCUT2D eigenvalue weighted by molar-refractivity contribution is 7.25. The molecule has 0 spiro atoms. The normalized spacial score (nSPS) is 14.1. The second kappa shape index (κ2) is 17.2. The Morgan fingerprint density at radius 3 is 0.961 bits per heavy atom. The fourth-order valence-electron chi connectivity index (χ4n) is 12.8. The summed E-state index contributed by atoms with van der Waals surface area (Å²) < 4.78 is 3.77. The largest absolute Gasteiger partial charge is 0.310 e. The molecular formula is C70H44N2O2S2. The molecule has 11 aromatic carbocycles. The SMILES string of the molecule is O=c1c2ccccc2sc2cc(N3c4ccccc4C(c4ccccc4)(c4ccccc4)c4cc5c(cc43)C(c3ccccc3)(c3ccccc3)c3ccccc3N5c3ccc4c(=O)c5ccccc5sc4c3)ccc12. The summed E-state index contributed by atoms with van der Waals surface area (Å²) in [5.41, 5.74) is 13.5. The lowest BCUT2D eigenvalue weighted by molar-refractivity contribution is 0.711. The summed E-state index contributed by atoms with van der Waals surface area (Å²) in [6.45, 7) is 0. The predicted octanol–water partition coefficient (Wildman–Crippen LogP) is 17.5. The van der Waals surface area contributed by atoms with Gasteiger partial charge in [0.25, 0.3) is 0 Å². The molecule has 0 bridgehead atoms. The number of nitrogens with zero attached hydrogens (tertiary/aromatic N) is 2. The minimum atomic E-state index is -0.829. The van der Waals surface area contributed by atoms with Gasteiger partial charge in [-0.25, -0.2) is 0 Å². The third-order valence-electron chi connectivity index (χ3n) is 16.0. The fraction of sp³-hybridized carbons (Fsp3) is 0.0286. The van der Waals surface area contributed by atoms with Crippen molar-refractivity contribution in [2.45, 2.75) is 10.8 Å². The van der Waals surface area contributed by atoms with Gasteiger partial charge in [0.15, 0.2) is 10.9 Å². The Labute approximate surface area is 446 Å². The molecule has 4 heterocycles. The van der Waals surface area contributed by atoms with Gasteiger partial charge in [-0.1, -0.05) is 182 Å². The first-order valence-electron chi connectivity index (χ1n) is 25.6. The van der Waals surface area contributed by atoms with E-state index in [0.29, 0.717) is 10.8 Å². The number of benzene rings is 11. The van der Waals surface area contributed by atoms with E-state index < -0.39 is 10.8 Å². The summed E-state index contributed by atoms with van der Waals surface area (Å²) >= 11 is 3.31. The van der Waals surface area contributed by atoms with Crippen molar-refractivity contribution >= 4 is 97.1 Å². The fourth-order valence-corrected chi connectivity index (χ4v) is 15.0. The lowest BCUT2D eigenvalue weighted by Gasteiger charge is -2.50. The van der Waals surface area contributed by atoms with E-state index in [1.807, 2.05) is 60.7 Å². The topological polar surface area (TPSA) is 40.6 Å². The van der Waals surface area contributed by atoms with E-state index >= 15 is 0 Å². The number of fused-ring (bicyclic) bond motifs is 8. The maximum absolute atomic E-state index is 14.2. The summed E-state index contributed by atoms with van der Waals surface area (Å²) in [5, 5.41) is 2.89. The van der Waals surface area contributed by atoms with Crippen LogP contribution in [-0.4, -0.2) is 0 Å². The zero-order valence-corrected chi connectivity index (χ0v) is 42.6. The van der Waals surface area contributed by atoms with Crippen LogP contribution < -0.4 is 20.7 Å². The Bertz CT molecular complexity index is 4220. The van der Waals surface area contributed by atoms with Gasteiger partial charge >= 0.3 is 0 Å². The third-order valence-corrected chi connectivity index (χ3v) is 18.2. The third kappa shape index (κ3) is 6.29. The molecule has 2 aliphatic heterocycles. The molecule has 0 saturated heterocycles. The van der Waals surface area contributed by atoms with E-state index in [1.165, 1.54) is 0 Å². The van der Waals surface area contributed by atoms with Crippen LogP contribution in [0.5, 0.6) is 0 Å². The zero-order chi connectivity index (χ0) is 50.5. The maximum Gasteiger partial charge on any atom is 0.195 e. The number of hydrogen-bond acceptors (Lipinski definition) is 6. The molecule has 0 N–H and O–H groups in total. The molecular weight excluding hydrogens is 965 g/mol. The lowest BCUT2D eigenvalue weighted by Crippen LogP contribution is -2.41. The van der Waals surface area contributed by atoms with Crippen molar-refractivity contribution in [2.75, 3.05) is 9.80 Å². The molecule has 0 amide bonds. The highest BCUT2D eigenvalue weighted by Crippen LogP contribution is 2.64. The van der Waals surface area contributed by atoms with Gasteiger partial charge in [-0.3, -0.25) is 9.59 Å². The van der Waals surface area contributed by atoms with Crippen molar-refractivity contribution in [1.82, 2.24) is 0 Å². The number of para-hydroxylation sites is 2. The lowest BCUT2D eigenvalue weighted by atomic mass is 9.59. The van der Waals surface area contributed by atoms with Gasteiger partial charge < -0.3 is 9.80 Å². The van der Waals surface area contributed by atoms with E-state index in [1.54, 1.807) is 22.7 Å². The number of rotatable bonds is 6. The second-order valence-corrected chi connectivity index (χ2v) is 21.9. The Morgan fingerprint density at radius 2 is 0.579 bits per heavy atom. The first-order valence-corrected chi connectivity index (χ1v) is 27.3. The van der Waals surface area contributed by atoms with E-state index in [-0.39, 0.29) is 10.9 Å². The van der Waals surface area contributed by atoms with Gasteiger partial charge in [0, 0.05) is 51.7 Å². The molecule has 2 aromatic heterocycles. The van der Waals surface area contributed by atoms with Crippen molar-refractivity contribution in [3.05, 3.63) is 332 Å². The van der Waals surface area contributed by atoms with Crippen molar-refractivity contribution < 1.29 is 0 Å². The number of anilines is 6. The van der Waals surface area contributed by atoms with Gasteiger partial charge in [0.1, 0.15) is 0 Å². The van der Waals surface area contributed by atoms with Crippen LogP contribution in [0.4, 0.5) is 34.1 Å². The van der Waals surface area contributed by atoms with Crippen LogP contribution in [0.25, 0.3) is 40.3 Å². The van der Waals surface area contributed by atoms with E-state index in [4.69, 9.17) is 0 Å². The second-order valence-electron chi connectivity index (χ2n) is 19.8. The van der Waals surface area contributed by atoms with Crippen LogP contribution in [0.2, 0.25) is 0 Å². The number of hydrogen-bond donors (Lipinski definition) is 0. The van der Waals surface area contributed by atoms with Gasteiger partial charge in [-0.2, -0.15) is 0 Å². The van der Waals surface area contributed by atoms with Crippen LogP contribution >= 0.6 is 22.7 Å². The first-order chi connectivity index (χ1) is 37.5. The molecule has 4 nitrogen and oxygen atoms in total. The smallest absolute Gasteiger partial charge is 0.195 e. The summed E-state index contributed by atoms with van der Waals surface area (Å²) in [6, 6.07) is 95.3. The Hall–Kier alpha value is -9.20. The van der Waals surface area contributed by atoms with Gasteiger partial charge in [0.05, 0.1) is 33.6 Å². The summed E-state index contributed by atoms with van der Waals surface area (Å²) in [6.07, 6.45) is 0. The highest BCUT2D eigenvalue weighted by atomic mass is 32.1. The molecule has 0 fully saturated rings. The van der Waals surface area contributed by atoms with Crippen LogP contribution in [0.15, 0.2) is 277 Å². The summed E-state index contributed by atoms with van der Waals surface area (Å²) in [4.78, 5) is 33.4. The molecule has 0 radical (unpaired) electrons. The van der Waals surface area contributed by atoms with Crippen LogP contribution in [0.3, 0.4) is 0 Å². The quantitative estimate of drug-likeness (QED) is 0.156. The molecule has 13 aromatic rings. The van der Waals surface area contributed by atoms with Crippen molar-refractivity contribution in [3.63, 3.8) is 0 Å². The Kier molecular flexibility index (Phi) is 10.0. The first kappa shape index (κ1) is 44.3. The molecule has 6 heteroatoms. The van der Waals surface area contributed by atoms with E-state index in [0.717, 1.165) is 108 Å². The molecule has 0 atom stereocenters. The standard InChI is InChI=1S/C70H44N2O2S2/c73-67-51-29-13-19-35-63(51)75-65-41-49(37-39-53(65)67)71-59-33-17-15-31-55(59)69(45-21-5-1-6-22-45,46-23-7-2-8-24-46)57-43-62-58(44-61(57)71)70(47-25-9-3-10-26-47,48-27-11-4-12-28-48)56-32-16-18-34-60(56)72(62)50-38-40-54-66(42-50)76-64-36-20-14-30-52(64)68(54)74/h1-44H. The van der Waals surface area contributed by atoms with E-state index in [2.05, 4.69) is 216 Å². The minimum Gasteiger partial charge on any atom is -0.310 e. The Morgan fingerprint density at radius 1 is 0.263 bits per heavy atom. The van der Waals surface area contributed by atoms with Crippen molar-refractivity contribution in [3.8, 4) is 0 Å². The monoisotopic (exact) mass is 1010 g/mol. The Balaban J connectivity index is 1.13. The highest BCUT2D eigenvalue weighted by Gasteiger charge is 2.52. The summed E-state index contributed by atoms with van der Waals surface area (Å²) in [5.74, 6) is 0. The van der Waals surface area contributed by atoms with Gasteiger partial charge in [0.2, 0.25) is 0 Å². The minimum absolute atomic E-state index is 0.0417. The zero-order valence-electron chi connectivity index (χ0n) is 40.9. The molecule has 0 aliphatic carbocycles. The molecule has 0 unspecified atom stereocenters. The molecule has 0 saturated carbocycles. The van der Waals surface area contributed by atoms with Crippen molar-refractivity contribution in [1.29, 1.82) is 0 Å². The molecule has 76 heavy (non-hydrogen) atoms. The molecule has 2 aliphatic rings. The van der Waals surface area contributed by atoms with Crippen LogP contribution in [0, 0.1) is 0 Å².